The van der Waals surface area contributed by atoms with Crippen molar-refractivity contribution in [3.63, 3.8) is 0 Å². The van der Waals surface area contributed by atoms with Crippen LogP contribution in [-0.4, -0.2) is 77.9 Å². The molecule has 0 N–H and O–H groups in total. The van der Waals surface area contributed by atoms with Crippen molar-refractivity contribution in [2.75, 3.05) is 40.2 Å². The number of ether oxygens (including phenoxy) is 2. The van der Waals surface area contributed by atoms with Gasteiger partial charge < -0.3 is 14.0 Å². The molecular formula is C24H29N3O7S3. The van der Waals surface area contributed by atoms with Crippen LogP contribution in [0.15, 0.2) is 57.2 Å². The number of sulfonamides is 1. The summed E-state index contributed by atoms with van der Waals surface area (Å²) < 4.78 is 64.3. The Labute approximate surface area is 220 Å². The van der Waals surface area contributed by atoms with Crippen LogP contribution in [0.1, 0.15) is 23.2 Å². The number of methoxy groups -OCH3 is 1. The molecule has 0 radical (unpaired) electrons. The standard InChI is InChI=1S/C24H29N3O7S3/c1-26(16-18-5-4-13-34-18)37(31,32)19-8-6-17(7-9-19)23(28)25-24-27(12-14-33-2)21-11-10-20(36(3,29)30)15-22(21)35-24/h6-11,15,18H,4-5,12-14,16H2,1-3H3. The molecule has 2 aromatic carbocycles. The van der Waals surface area contributed by atoms with Crippen LogP contribution in [0, 0.1) is 0 Å². The maximum absolute atomic E-state index is 13.0. The monoisotopic (exact) mass is 567 g/mol. The second-order valence-electron chi connectivity index (χ2n) is 8.79. The molecule has 1 aliphatic heterocycles. The molecule has 1 amide bonds. The topological polar surface area (TPSA) is 124 Å². The second-order valence-corrected chi connectivity index (χ2v) is 13.9. The van der Waals surface area contributed by atoms with Gasteiger partial charge in [-0.3, -0.25) is 4.79 Å². The van der Waals surface area contributed by atoms with Crippen LogP contribution in [-0.2, 0) is 35.9 Å². The first kappa shape index (κ1) is 27.6. The number of carbonyl (C=O) groups is 1. The van der Waals surface area contributed by atoms with Crippen molar-refractivity contribution in [1.29, 1.82) is 0 Å². The van der Waals surface area contributed by atoms with Gasteiger partial charge in [0.1, 0.15) is 0 Å². The number of carbonyl (C=O) groups excluding carboxylic acids is 1. The van der Waals surface area contributed by atoms with Gasteiger partial charge in [-0.1, -0.05) is 11.3 Å². The fourth-order valence-electron chi connectivity index (χ4n) is 4.04. The van der Waals surface area contributed by atoms with Crippen molar-refractivity contribution in [2.24, 2.45) is 4.99 Å². The minimum absolute atomic E-state index is 0.0786. The van der Waals surface area contributed by atoms with E-state index in [0.717, 1.165) is 24.6 Å². The highest BCUT2D eigenvalue weighted by atomic mass is 32.2. The molecule has 1 aliphatic rings. The third kappa shape index (κ3) is 6.19. The first-order chi connectivity index (χ1) is 17.5. The summed E-state index contributed by atoms with van der Waals surface area (Å²) in [7, 11) is -4.05. The van der Waals surface area contributed by atoms with Gasteiger partial charge in [0.15, 0.2) is 14.6 Å². The van der Waals surface area contributed by atoms with E-state index < -0.39 is 25.8 Å². The third-order valence-corrected chi connectivity index (χ3v) is 10.1. The largest absolute Gasteiger partial charge is 0.383 e. The molecule has 2 heterocycles. The van der Waals surface area contributed by atoms with E-state index in [9.17, 15) is 21.6 Å². The average molecular weight is 568 g/mol. The Bertz CT molecular complexity index is 1570. The Balaban J connectivity index is 1.63. The van der Waals surface area contributed by atoms with E-state index >= 15 is 0 Å². The fraction of sp³-hybridized carbons (Fsp3) is 0.417. The SMILES string of the molecule is COCCn1c(=NC(=O)c2ccc(S(=O)(=O)N(C)CC3CCCO3)cc2)sc2cc(S(C)(=O)=O)ccc21. The lowest BCUT2D eigenvalue weighted by Crippen LogP contribution is -2.34. The molecular weight excluding hydrogens is 538 g/mol. The minimum atomic E-state index is -3.73. The molecule has 0 saturated carbocycles. The summed E-state index contributed by atoms with van der Waals surface area (Å²) in [4.78, 5) is 17.9. The predicted molar refractivity (Wildman–Crippen MR) is 140 cm³/mol. The molecule has 1 fully saturated rings. The van der Waals surface area contributed by atoms with Crippen molar-refractivity contribution in [1.82, 2.24) is 8.87 Å². The molecule has 37 heavy (non-hydrogen) atoms. The minimum Gasteiger partial charge on any atom is -0.383 e. The van der Waals surface area contributed by atoms with E-state index in [1.54, 1.807) is 23.8 Å². The Kier molecular flexibility index (Phi) is 8.31. The predicted octanol–water partition coefficient (Wildman–Crippen LogP) is 2.29. The molecule has 1 atom stereocenters. The number of fused-ring (bicyclic) bond motifs is 1. The zero-order valence-electron chi connectivity index (χ0n) is 20.8. The Morgan fingerprint density at radius 1 is 1.16 bits per heavy atom. The molecule has 10 nitrogen and oxygen atoms in total. The lowest BCUT2D eigenvalue weighted by molar-refractivity contribution is 0.0979. The van der Waals surface area contributed by atoms with Crippen LogP contribution in [0.2, 0.25) is 0 Å². The quantitative estimate of drug-likeness (QED) is 0.389. The highest BCUT2D eigenvalue weighted by Crippen LogP contribution is 2.23. The van der Waals surface area contributed by atoms with Crippen LogP contribution in [0.3, 0.4) is 0 Å². The number of rotatable bonds is 9. The number of amides is 1. The van der Waals surface area contributed by atoms with Crippen LogP contribution in [0.4, 0.5) is 0 Å². The van der Waals surface area contributed by atoms with Gasteiger partial charge in [-0.05, 0) is 55.3 Å². The molecule has 0 bridgehead atoms. The Morgan fingerprint density at radius 3 is 2.49 bits per heavy atom. The summed E-state index contributed by atoms with van der Waals surface area (Å²) in [6.07, 6.45) is 2.77. The number of sulfone groups is 1. The zero-order chi connectivity index (χ0) is 26.8. The highest BCUT2D eigenvalue weighted by Gasteiger charge is 2.26. The maximum Gasteiger partial charge on any atom is 0.279 e. The summed E-state index contributed by atoms with van der Waals surface area (Å²) in [6, 6.07) is 10.4. The number of benzene rings is 2. The van der Waals surface area contributed by atoms with Crippen molar-refractivity contribution in [2.45, 2.75) is 35.3 Å². The van der Waals surface area contributed by atoms with Gasteiger partial charge in [0, 0.05) is 45.7 Å². The van der Waals surface area contributed by atoms with Crippen LogP contribution in [0.25, 0.3) is 10.2 Å². The van der Waals surface area contributed by atoms with Gasteiger partial charge >= 0.3 is 0 Å². The van der Waals surface area contributed by atoms with Crippen molar-refractivity contribution < 1.29 is 31.1 Å². The third-order valence-electron chi connectivity index (χ3n) is 6.09. The van der Waals surface area contributed by atoms with Gasteiger partial charge in [0.2, 0.25) is 10.0 Å². The summed E-state index contributed by atoms with van der Waals surface area (Å²) in [5.74, 6) is -0.544. The van der Waals surface area contributed by atoms with Crippen molar-refractivity contribution in [3.05, 3.63) is 52.8 Å². The smallest absolute Gasteiger partial charge is 0.279 e. The number of aromatic nitrogens is 1. The molecule has 0 spiro atoms. The number of nitrogens with zero attached hydrogens (tertiary/aromatic N) is 3. The van der Waals surface area contributed by atoms with Gasteiger partial charge in [-0.15, -0.1) is 0 Å². The molecule has 1 aromatic heterocycles. The molecule has 4 rings (SSSR count). The summed E-state index contributed by atoms with van der Waals surface area (Å²) in [5, 5.41) is 0. The van der Waals surface area contributed by atoms with Crippen LogP contribution >= 0.6 is 11.3 Å². The normalized spacial score (nSPS) is 17.2. The summed E-state index contributed by atoms with van der Waals surface area (Å²) in [6.45, 7) is 1.69. The van der Waals surface area contributed by atoms with E-state index in [4.69, 9.17) is 9.47 Å². The number of likely N-dealkylation sites (N-methyl/N-ethyl adjacent to an activating group) is 1. The number of hydrogen-bond acceptors (Lipinski definition) is 8. The molecule has 13 heteroatoms. The zero-order valence-corrected chi connectivity index (χ0v) is 23.2. The number of hydrogen-bond donors (Lipinski definition) is 0. The lowest BCUT2D eigenvalue weighted by atomic mass is 10.2. The van der Waals surface area contributed by atoms with E-state index in [0.29, 0.717) is 29.3 Å². The van der Waals surface area contributed by atoms with Crippen molar-refractivity contribution in [3.8, 4) is 0 Å². The van der Waals surface area contributed by atoms with E-state index in [-0.39, 0.29) is 28.0 Å². The first-order valence-electron chi connectivity index (χ1n) is 11.6. The summed E-state index contributed by atoms with van der Waals surface area (Å²) >= 11 is 1.19. The van der Waals surface area contributed by atoms with Gasteiger partial charge in [-0.25, -0.2) is 16.8 Å². The van der Waals surface area contributed by atoms with Gasteiger partial charge in [-0.2, -0.15) is 9.30 Å². The molecule has 1 saturated heterocycles. The van der Waals surface area contributed by atoms with Crippen LogP contribution in [0.5, 0.6) is 0 Å². The first-order valence-corrected chi connectivity index (χ1v) is 15.7. The molecule has 3 aromatic rings. The number of thiazole rings is 1. The van der Waals surface area contributed by atoms with Crippen LogP contribution < -0.4 is 4.80 Å². The average Bonchev–Trinajstić information content (AvgIpc) is 3.49. The molecule has 1 unspecified atom stereocenters. The summed E-state index contributed by atoms with van der Waals surface area (Å²) in [5.41, 5.74) is 0.963. The Hall–Kier alpha value is -2.42. The maximum atomic E-state index is 13.0. The Morgan fingerprint density at radius 2 is 1.86 bits per heavy atom. The molecule has 0 aliphatic carbocycles. The highest BCUT2D eigenvalue weighted by molar-refractivity contribution is 7.90. The van der Waals surface area contributed by atoms with Crippen molar-refractivity contribution >= 4 is 47.3 Å². The van der Waals surface area contributed by atoms with E-state index in [1.807, 2.05) is 0 Å². The van der Waals surface area contributed by atoms with Gasteiger partial charge in [0.25, 0.3) is 5.91 Å². The molecule has 200 valence electrons. The second kappa shape index (κ2) is 11.1. The lowest BCUT2D eigenvalue weighted by Gasteiger charge is -2.20. The fourth-order valence-corrected chi connectivity index (χ4v) is 7.06. The van der Waals surface area contributed by atoms with E-state index in [2.05, 4.69) is 4.99 Å². The van der Waals surface area contributed by atoms with E-state index in [1.165, 1.54) is 53.0 Å². The van der Waals surface area contributed by atoms with Gasteiger partial charge in [0.05, 0.1) is 32.7 Å².